The number of rotatable bonds is 9. The first-order valence-corrected chi connectivity index (χ1v) is 10.9. The number of hydrogen-bond donors (Lipinski definition) is 3. The number of aliphatic carboxylic acids is 1. The maximum Gasteiger partial charge on any atom is 0.397 e. The summed E-state index contributed by atoms with van der Waals surface area (Å²) >= 11 is 0. The van der Waals surface area contributed by atoms with Crippen LogP contribution in [0.3, 0.4) is 0 Å². The van der Waals surface area contributed by atoms with Crippen LogP contribution in [0.15, 0.2) is 0 Å². The first kappa shape index (κ1) is 24.9. The Morgan fingerprint density at radius 1 is 0.852 bits per heavy atom. The third kappa shape index (κ3) is 10.6. The highest BCUT2D eigenvalue weighted by Gasteiger charge is 2.32. The van der Waals surface area contributed by atoms with Crippen molar-refractivity contribution in [2.75, 3.05) is 0 Å². The lowest BCUT2D eigenvalue weighted by Crippen LogP contribution is -2.31. The maximum atomic E-state index is 11.4. The van der Waals surface area contributed by atoms with E-state index in [1.807, 2.05) is 0 Å². The average molecular weight is 433 g/mol. The molecule has 156 valence electrons. The molecule has 1 aliphatic rings. The van der Waals surface area contributed by atoms with Gasteiger partial charge in [-0.15, -0.1) is 5.06 Å². The molecule has 1 rings (SSSR count). The normalized spacial score (nSPS) is 14.5. The smallest absolute Gasteiger partial charge is 0.397 e. The fourth-order valence-electron chi connectivity index (χ4n) is 1.70. The van der Waals surface area contributed by atoms with Gasteiger partial charge in [-0.05, 0) is 12.8 Å². The van der Waals surface area contributed by atoms with Gasteiger partial charge in [0.25, 0.3) is 11.8 Å². The summed E-state index contributed by atoms with van der Waals surface area (Å²) in [4.78, 5) is 48.6. The monoisotopic (exact) mass is 433 g/mol. The van der Waals surface area contributed by atoms with E-state index in [-0.39, 0.29) is 25.7 Å². The number of hydroxylamine groups is 2. The molecule has 0 aromatic carbocycles. The molecule has 1 fully saturated rings. The summed E-state index contributed by atoms with van der Waals surface area (Å²) in [5.74, 6) is -2.41. The van der Waals surface area contributed by atoms with E-state index in [4.69, 9.17) is 14.2 Å². The molecule has 1 saturated heterocycles. The van der Waals surface area contributed by atoms with E-state index in [0.29, 0.717) is 24.3 Å². The van der Waals surface area contributed by atoms with Crippen molar-refractivity contribution in [1.82, 2.24) is 5.06 Å². The Labute approximate surface area is 154 Å². The molecule has 0 unspecified atom stereocenters. The van der Waals surface area contributed by atoms with E-state index in [2.05, 4.69) is 4.84 Å². The predicted octanol–water partition coefficient (Wildman–Crippen LogP) is -0.304. The van der Waals surface area contributed by atoms with Crippen LogP contribution in [0, 0.1) is 0 Å². The summed E-state index contributed by atoms with van der Waals surface area (Å²) in [7, 11) is -10.6. The van der Waals surface area contributed by atoms with Crippen LogP contribution < -0.4 is 0 Å². The topological polar surface area (TPSA) is 210 Å². The van der Waals surface area contributed by atoms with Gasteiger partial charge in [0, 0.05) is 25.7 Å². The molecule has 13 nitrogen and oxygen atoms in total. The van der Waals surface area contributed by atoms with Crippen molar-refractivity contribution >= 4 is 42.1 Å². The molecule has 0 atom stereocenters. The second-order valence-corrected chi connectivity index (χ2v) is 9.45. The molecule has 27 heavy (non-hydrogen) atoms. The Bertz CT molecular complexity index is 724. The van der Waals surface area contributed by atoms with Crippen LogP contribution in [0.1, 0.15) is 51.4 Å². The molecule has 0 radical (unpaired) electrons. The van der Waals surface area contributed by atoms with Crippen molar-refractivity contribution in [3.05, 3.63) is 0 Å². The quantitative estimate of drug-likeness (QED) is 0.185. The van der Waals surface area contributed by atoms with Crippen LogP contribution in [0.5, 0.6) is 0 Å². The van der Waals surface area contributed by atoms with Crippen LogP contribution >= 0.6 is 0 Å². The van der Waals surface area contributed by atoms with Gasteiger partial charge in [0.1, 0.15) is 0 Å². The Hall–Kier alpha value is -2.10. The second-order valence-electron chi connectivity index (χ2n) is 5.21. The Morgan fingerprint density at radius 3 is 1.63 bits per heavy atom. The van der Waals surface area contributed by atoms with Crippen LogP contribution in [0.2, 0.25) is 0 Å². The molecule has 0 aromatic rings. The number of unbranched alkanes of at least 4 members (excludes halogenated alkanes) is 3. The van der Waals surface area contributed by atoms with Gasteiger partial charge in [-0.25, -0.2) is 4.79 Å². The maximum absolute atomic E-state index is 11.4. The highest BCUT2D eigenvalue weighted by atomic mass is 33.2. The van der Waals surface area contributed by atoms with E-state index in [0.717, 1.165) is 6.42 Å². The molecule has 3 N–H and O–H groups in total. The number of imide groups is 1. The molecule has 0 aliphatic carbocycles. The van der Waals surface area contributed by atoms with E-state index >= 15 is 0 Å². The van der Waals surface area contributed by atoms with Gasteiger partial charge in [0.2, 0.25) is 0 Å². The van der Waals surface area contributed by atoms with Crippen molar-refractivity contribution in [3.63, 3.8) is 0 Å². The SMILES string of the molecule is O=C(O)CCCCCCC(=O)ON1C(=O)CCC1=O.O=S(=O)(O)S(=O)(=O)O. The van der Waals surface area contributed by atoms with Crippen LogP contribution in [-0.2, 0) is 42.3 Å². The fourth-order valence-corrected chi connectivity index (χ4v) is 1.70. The second kappa shape index (κ2) is 10.9. The van der Waals surface area contributed by atoms with E-state index < -0.39 is 42.1 Å². The lowest BCUT2D eigenvalue weighted by atomic mass is 10.1. The molecule has 0 saturated carbocycles. The minimum atomic E-state index is -5.31. The zero-order chi connectivity index (χ0) is 21.3. The van der Waals surface area contributed by atoms with Crippen molar-refractivity contribution in [2.24, 2.45) is 0 Å². The summed E-state index contributed by atoms with van der Waals surface area (Å²) in [5.41, 5.74) is 0. The zero-order valence-corrected chi connectivity index (χ0v) is 15.6. The number of carboxylic acids is 1. The van der Waals surface area contributed by atoms with Crippen molar-refractivity contribution in [3.8, 4) is 0 Å². The van der Waals surface area contributed by atoms with E-state index in [1.54, 1.807) is 0 Å². The van der Waals surface area contributed by atoms with Crippen LogP contribution in [0.4, 0.5) is 0 Å². The number of hydrogen-bond acceptors (Lipinski definition) is 9. The lowest BCUT2D eigenvalue weighted by Gasteiger charge is -2.12. The molecule has 2 amide bonds. The third-order valence-electron chi connectivity index (χ3n) is 2.99. The van der Waals surface area contributed by atoms with E-state index in [9.17, 15) is 36.0 Å². The number of carboxylic acid groups (broad SMARTS) is 1. The summed E-state index contributed by atoms with van der Waals surface area (Å²) < 4.78 is 52.5. The van der Waals surface area contributed by atoms with Gasteiger partial charge >= 0.3 is 30.2 Å². The summed E-state index contributed by atoms with van der Waals surface area (Å²) in [6, 6.07) is 0. The third-order valence-corrected chi connectivity index (χ3v) is 5.12. The zero-order valence-electron chi connectivity index (χ0n) is 13.9. The number of carbonyl (C=O) groups excluding carboxylic acids is 3. The van der Waals surface area contributed by atoms with E-state index in [1.165, 1.54) is 0 Å². The predicted molar refractivity (Wildman–Crippen MR) is 85.6 cm³/mol. The minimum Gasteiger partial charge on any atom is -0.481 e. The number of carbonyl (C=O) groups is 4. The van der Waals surface area contributed by atoms with Gasteiger partial charge in [0.15, 0.2) is 0 Å². The fraction of sp³-hybridized carbons (Fsp3) is 0.667. The largest absolute Gasteiger partial charge is 0.481 e. The number of nitrogens with zero attached hydrogens (tertiary/aromatic N) is 1. The summed E-state index contributed by atoms with van der Waals surface area (Å²) in [5, 5.41) is 8.96. The van der Waals surface area contributed by atoms with Gasteiger partial charge in [0.05, 0.1) is 0 Å². The highest BCUT2D eigenvalue weighted by molar-refractivity contribution is 8.62. The standard InChI is InChI=1S/C12H17NO6.H2O6S2/c14-9-7-8-10(15)13(9)19-12(18)6-4-2-1-3-5-11(16)17;1-7(2,3)8(4,5)6/h1-8H2,(H,16,17);(H,1,2,3)(H,4,5,6). The molecule has 15 heteroatoms. The molecule has 0 bridgehead atoms. The first-order valence-electron chi connectivity index (χ1n) is 7.49. The molecular weight excluding hydrogens is 414 g/mol. The molecule has 1 heterocycles. The molecule has 0 spiro atoms. The Balaban J connectivity index is 0.000000713. The van der Waals surface area contributed by atoms with Gasteiger partial charge in [-0.2, -0.15) is 16.8 Å². The van der Waals surface area contributed by atoms with Gasteiger partial charge in [-0.3, -0.25) is 23.5 Å². The Kier molecular flexibility index (Phi) is 10.1. The molecular formula is C12H19NO12S2. The van der Waals surface area contributed by atoms with Crippen molar-refractivity contribution < 1.29 is 55.1 Å². The van der Waals surface area contributed by atoms with Gasteiger partial charge < -0.3 is 9.94 Å². The van der Waals surface area contributed by atoms with Crippen LogP contribution in [-0.4, -0.2) is 59.9 Å². The summed E-state index contributed by atoms with van der Waals surface area (Å²) in [6.45, 7) is 0. The Morgan fingerprint density at radius 2 is 1.26 bits per heavy atom. The lowest BCUT2D eigenvalue weighted by molar-refractivity contribution is -0.197. The average Bonchev–Trinajstić information content (AvgIpc) is 2.81. The number of amides is 2. The highest BCUT2D eigenvalue weighted by Crippen LogP contribution is 2.13. The molecule has 0 aromatic heterocycles. The van der Waals surface area contributed by atoms with Crippen LogP contribution in [0.25, 0.3) is 0 Å². The minimum absolute atomic E-state index is 0.0846. The van der Waals surface area contributed by atoms with Crippen molar-refractivity contribution in [1.29, 1.82) is 0 Å². The van der Waals surface area contributed by atoms with Crippen molar-refractivity contribution in [2.45, 2.75) is 51.4 Å². The van der Waals surface area contributed by atoms with Gasteiger partial charge in [-0.1, -0.05) is 12.8 Å². The molecule has 1 aliphatic heterocycles. The summed E-state index contributed by atoms with van der Waals surface area (Å²) in [6.07, 6.45) is 2.97. The first-order chi connectivity index (χ1) is 12.3.